The molecule has 1 aromatic carbocycles. The minimum atomic E-state index is -1.90. The van der Waals surface area contributed by atoms with Crippen molar-refractivity contribution in [2.24, 2.45) is 0 Å². The van der Waals surface area contributed by atoms with Gasteiger partial charge in [-0.15, -0.1) is 0 Å². The summed E-state index contributed by atoms with van der Waals surface area (Å²) >= 11 is 0. The van der Waals surface area contributed by atoms with E-state index in [0.717, 1.165) is 11.3 Å². The molecule has 0 saturated carbocycles. The van der Waals surface area contributed by atoms with E-state index in [4.69, 9.17) is 18.3 Å². The van der Waals surface area contributed by atoms with Crippen molar-refractivity contribution < 1.29 is 23.1 Å². The number of hydrogen-bond donors (Lipinski definition) is 0. The van der Waals surface area contributed by atoms with E-state index in [1.807, 2.05) is 24.3 Å². The Kier molecular flexibility index (Phi) is 7.10. The van der Waals surface area contributed by atoms with Crippen LogP contribution in [0.3, 0.4) is 0 Å². The summed E-state index contributed by atoms with van der Waals surface area (Å²) in [6.45, 7) is 11.6. The third-order valence-corrected chi connectivity index (χ3v) is 11.3. The molecule has 4 rings (SSSR count). The number of aromatic nitrogens is 2. The Balaban J connectivity index is 1.54. The van der Waals surface area contributed by atoms with Crippen LogP contribution in [0.2, 0.25) is 18.1 Å². The average Bonchev–Trinajstić information content (AvgIpc) is 3.20. The van der Waals surface area contributed by atoms with Crippen LogP contribution >= 0.6 is 0 Å². The highest BCUT2D eigenvalue weighted by Gasteiger charge is 2.37. The highest BCUT2D eigenvalue weighted by Crippen LogP contribution is 2.36. The lowest BCUT2D eigenvalue weighted by Crippen LogP contribution is -2.41. The standard InChI is InChI=1S/C26H33N3O6Si/c1-26(2,3)36(5,6)34-14-13-20-16-28(25(31)35-20)22-12-11-21-24(27-22)29(23(30)17-33-21)15-18-7-9-19(32-4)10-8-18/h7-12,16H,13-15,17H2,1-6H3. The molecule has 0 unspecified atom stereocenters. The molecule has 1 amide bonds. The van der Waals surface area contributed by atoms with Crippen LogP contribution in [0.1, 0.15) is 32.1 Å². The number of rotatable bonds is 8. The van der Waals surface area contributed by atoms with Gasteiger partial charge in [0.2, 0.25) is 0 Å². The second-order valence-electron chi connectivity index (χ2n) is 10.3. The summed E-state index contributed by atoms with van der Waals surface area (Å²) in [5, 5.41) is 0.101. The van der Waals surface area contributed by atoms with E-state index in [9.17, 15) is 9.59 Å². The highest BCUT2D eigenvalue weighted by molar-refractivity contribution is 6.74. The molecule has 0 N–H and O–H groups in total. The maximum absolute atomic E-state index is 12.7. The summed E-state index contributed by atoms with van der Waals surface area (Å²) in [7, 11) is -0.291. The van der Waals surface area contributed by atoms with Gasteiger partial charge in [0.05, 0.1) is 19.9 Å². The first-order valence-corrected chi connectivity index (χ1v) is 14.8. The summed E-state index contributed by atoms with van der Waals surface area (Å²) in [6, 6.07) is 10.9. The molecule has 9 nitrogen and oxygen atoms in total. The maximum atomic E-state index is 12.7. The number of pyridine rings is 1. The minimum Gasteiger partial charge on any atom is -0.497 e. The maximum Gasteiger partial charge on any atom is 0.424 e. The number of oxazole rings is 1. The second kappa shape index (κ2) is 9.94. The summed E-state index contributed by atoms with van der Waals surface area (Å²) in [5.41, 5.74) is 0.911. The largest absolute Gasteiger partial charge is 0.497 e. The van der Waals surface area contributed by atoms with Gasteiger partial charge in [0.25, 0.3) is 5.91 Å². The molecular formula is C26H33N3O6Si. The lowest BCUT2D eigenvalue weighted by Gasteiger charge is -2.36. The molecular weight excluding hydrogens is 478 g/mol. The predicted octanol–water partition coefficient (Wildman–Crippen LogP) is 4.32. The van der Waals surface area contributed by atoms with Crippen molar-refractivity contribution in [3.05, 3.63) is 64.5 Å². The fourth-order valence-electron chi connectivity index (χ4n) is 3.56. The molecule has 2 aromatic heterocycles. The fourth-order valence-corrected chi connectivity index (χ4v) is 4.61. The Bertz CT molecular complexity index is 1290. The van der Waals surface area contributed by atoms with Crippen LogP contribution in [0.25, 0.3) is 5.82 Å². The van der Waals surface area contributed by atoms with E-state index in [1.54, 1.807) is 30.3 Å². The number of benzene rings is 1. The third kappa shape index (κ3) is 5.39. The monoisotopic (exact) mass is 511 g/mol. The zero-order chi connectivity index (χ0) is 26.1. The number of hydrogen-bond acceptors (Lipinski definition) is 7. The molecule has 10 heteroatoms. The molecule has 3 aromatic rings. The Morgan fingerprint density at radius 2 is 1.81 bits per heavy atom. The van der Waals surface area contributed by atoms with Gasteiger partial charge in [0.1, 0.15) is 17.3 Å². The molecule has 1 aliphatic heterocycles. The normalized spacial score (nSPS) is 13.9. The lowest BCUT2D eigenvalue weighted by molar-refractivity contribution is -0.121. The summed E-state index contributed by atoms with van der Waals surface area (Å²) in [5.74, 6) is 1.66. The van der Waals surface area contributed by atoms with Gasteiger partial charge in [0.15, 0.2) is 26.5 Å². The van der Waals surface area contributed by atoms with E-state index >= 15 is 0 Å². The van der Waals surface area contributed by atoms with Crippen LogP contribution in [0.4, 0.5) is 5.82 Å². The molecule has 1 aliphatic rings. The number of carbonyl (C=O) groups is 1. The van der Waals surface area contributed by atoms with E-state index in [1.165, 1.54) is 4.57 Å². The van der Waals surface area contributed by atoms with E-state index in [2.05, 4.69) is 38.8 Å². The van der Waals surface area contributed by atoms with Crippen molar-refractivity contribution in [3.8, 4) is 17.3 Å². The smallest absolute Gasteiger partial charge is 0.424 e. The van der Waals surface area contributed by atoms with Crippen LogP contribution in [0.15, 0.2) is 51.8 Å². The molecule has 36 heavy (non-hydrogen) atoms. The van der Waals surface area contributed by atoms with Crippen molar-refractivity contribution in [1.29, 1.82) is 0 Å². The Morgan fingerprint density at radius 3 is 2.47 bits per heavy atom. The van der Waals surface area contributed by atoms with Crippen molar-refractivity contribution in [3.63, 3.8) is 0 Å². The predicted molar refractivity (Wildman–Crippen MR) is 139 cm³/mol. The van der Waals surface area contributed by atoms with Gasteiger partial charge in [-0.25, -0.2) is 14.3 Å². The Morgan fingerprint density at radius 1 is 1.08 bits per heavy atom. The number of fused-ring (bicyclic) bond motifs is 1. The van der Waals surface area contributed by atoms with Crippen LogP contribution in [-0.4, -0.2) is 44.1 Å². The molecule has 0 saturated heterocycles. The first kappa shape index (κ1) is 25.7. The fraction of sp³-hybridized carbons (Fsp3) is 0.423. The topological polar surface area (TPSA) is 96.0 Å². The van der Waals surface area contributed by atoms with Crippen molar-refractivity contribution >= 4 is 20.0 Å². The quantitative estimate of drug-likeness (QED) is 0.416. The van der Waals surface area contributed by atoms with Crippen LogP contribution < -0.4 is 20.1 Å². The lowest BCUT2D eigenvalue weighted by atomic mass is 10.2. The van der Waals surface area contributed by atoms with Crippen molar-refractivity contribution in [2.45, 2.75) is 51.9 Å². The van der Waals surface area contributed by atoms with E-state index in [0.29, 0.717) is 42.7 Å². The second-order valence-corrected chi connectivity index (χ2v) is 15.1. The summed E-state index contributed by atoms with van der Waals surface area (Å²) in [4.78, 5) is 31.5. The first-order chi connectivity index (χ1) is 17.0. The van der Waals surface area contributed by atoms with Gasteiger partial charge in [-0.1, -0.05) is 32.9 Å². The van der Waals surface area contributed by atoms with E-state index < -0.39 is 14.1 Å². The average molecular weight is 512 g/mol. The minimum absolute atomic E-state index is 0.0752. The molecule has 0 fully saturated rings. The molecule has 192 valence electrons. The van der Waals surface area contributed by atoms with Gasteiger partial charge in [-0.3, -0.25) is 9.69 Å². The molecule has 0 atom stereocenters. The number of ether oxygens (including phenoxy) is 2. The third-order valence-electron chi connectivity index (χ3n) is 6.78. The molecule has 0 radical (unpaired) electrons. The van der Waals surface area contributed by atoms with Gasteiger partial charge in [0, 0.05) is 13.0 Å². The Hall–Kier alpha value is -3.37. The molecule has 0 aliphatic carbocycles. The van der Waals surface area contributed by atoms with Crippen molar-refractivity contribution in [2.75, 3.05) is 25.2 Å². The van der Waals surface area contributed by atoms with Crippen LogP contribution in [0, 0.1) is 0 Å². The van der Waals surface area contributed by atoms with Gasteiger partial charge in [-0.05, 0) is 48.0 Å². The number of amides is 1. The number of carbonyl (C=O) groups excluding carboxylic acids is 1. The Labute approximate surface area is 211 Å². The zero-order valence-corrected chi connectivity index (χ0v) is 22.7. The number of nitrogens with zero attached hydrogens (tertiary/aromatic N) is 3. The number of methoxy groups -OCH3 is 1. The SMILES string of the molecule is COc1ccc(CN2C(=O)COc3ccc(-n4cc(CCO[Si](C)(C)C(C)(C)C)oc4=O)nc32)cc1. The van der Waals surface area contributed by atoms with Crippen molar-refractivity contribution in [1.82, 2.24) is 9.55 Å². The summed E-state index contributed by atoms with van der Waals surface area (Å²) < 4.78 is 23.8. The summed E-state index contributed by atoms with van der Waals surface area (Å²) in [6.07, 6.45) is 2.11. The first-order valence-electron chi connectivity index (χ1n) is 11.9. The van der Waals surface area contributed by atoms with Crippen LogP contribution in [-0.2, 0) is 22.2 Å². The van der Waals surface area contributed by atoms with Gasteiger partial charge >= 0.3 is 5.76 Å². The zero-order valence-electron chi connectivity index (χ0n) is 21.7. The highest BCUT2D eigenvalue weighted by atomic mass is 28.4. The van der Waals surface area contributed by atoms with Crippen LogP contribution in [0.5, 0.6) is 11.5 Å². The molecule has 0 bridgehead atoms. The van der Waals surface area contributed by atoms with Gasteiger partial charge in [-0.2, -0.15) is 0 Å². The molecule has 3 heterocycles. The molecule has 0 spiro atoms. The number of anilines is 1. The van der Waals surface area contributed by atoms with Gasteiger partial charge < -0.3 is 18.3 Å². The van der Waals surface area contributed by atoms with E-state index in [-0.39, 0.29) is 17.6 Å².